The van der Waals surface area contributed by atoms with Crippen molar-refractivity contribution < 1.29 is 4.39 Å². The molecule has 1 aliphatic rings. The third kappa shape index (κ3) is 3.72. The lowest BCUT2D eigenvalue weighted by molar-refractivity contribution is 0.0563. The average molecular weight is 299 g/mol. The molecular formula is C16H24ClFN2. The molecule has 1 saturated heterocycles. The van der Waals surface area contributed by atoms with Gasteiger partial charge in [0.05, 0.1) is 5.02 Å². The van der Waals surface area contributed by atoms with Gasteiger partial charge in [0.1, 0.15) is 5.82 Å². The topological polar surface area (TPSA) is 15.3 Å². The van der Waals surface area contributed by atoms with Crippen molar-refractivity contribution in [3.8, 4) is 0 Å². The van der Waals surface area contributed by atoms with Crippen LogP contribution in [0.2, 0.25) is 5.02 Å². The van der Waals surface area contributed by atoms with Crippen LogP contribution in [0.5, 0.6) is 0 Å². The minimum Gasteiger partial charge on any atom is -0.311 e. The molecule has 2 rings (SSSR count). The first kappa shape index (κ1) is 15.7. The molecule has 0 radical (unpaired) electrons. The summed E-state index contributed by atoms with van der Waals surface area (Å²) < 4.78 is 13.2. The Kier molecular flexibility index (Phi) is 5.05. The highest BCUT2D eigenvalue weighted by Gasteiger charge is 2.33. The van der Waals surface area contributed by atoms with E-state index in [0.717, 1.165) is 25.2 Å². The van der Waals surface area contributed by atoms with Gasteiger partial charge in [-0.15, -0.1) is 0 Å². The van der Waals surface area contributed by atoms with Crippen LogP contribution in [0.1, 0.15) is 39.2 Å². The number of benzene rings is 1. The number of nitrogens with one attached hydrogen (secondary N) is 1. The third-order valence-electron chi connectivity index (χ3n) is 4.11. The zero-order valence-corrected chi connectivity index (χ0v) is 13.3. The van der Waals surface area contributed by atoms with Crippen LogP contribution in [0.25, 0.3) is 0 Å². The molecule has 2 nitrogen and oxygen atoms in total. The Balaban J connectivity index is 2.09. The molecule has 4 heteroatoms. The van der Waals surface area contributed by atoms with Crippen LogP contribution in [0.15, 0.2) is 18.2 Å². The normalized spacial score (nSPS) is 22.9. The SMILES string of the molecule is CCCC1CN(Cc2ccc(F)c(Cl)c2)C(C)(C)CN1. The monoisotopic (exact) mass is 298 g/mol. The van der Waals surface area contributed by atoms with Crippen LogP contribution >= 0.6 is 11.6 Å². The largest absolute Gasteiger partial charge is 0.311 e. The molecule has 1 atom stereocenters. The molecule has 1 heterocycles. The van der Waals surface area contributed by atoms with Crippen LogP contribution < -0.4 is 5.32 Å². The minimum absolute atomic E-state index is 0.102. The summed E-state index contributed by atoms with van der Waals surface area (Å²) in [5.74, 6) is -0.348. The number of halogens is 2. The average Bonchev–Trinajstić information content (AvgIpc) is 2.38. The highest BCUT2D eigenvalue weighted by molar-refractivity contribution is 6.30. The van der Waals surface area contributed by atoms with Crippen LogP contribution in [-0.2, 0) is 6.54 Å². The number of piperazine rings is 1. The van der Waals surface area contributed by atoms with Gasteiger partial charge in [-0.25, -0.2) is 4.39 Å². The second-order valence-corrected chi connectivity index (χ2v) is 6.72. The van der Waals surface area contributed by atoms with E-state index in [9.17, 15) is 4.39 Å². The molecular weight excluding hydrogens is 275 g/mol. The maximum absolute atomic E-state index is 13.2. The van der Waals surface area contributed by atoms with Gasteiger partial charge in [0, 0.05) is 31.2 Å². The first-order valence-electron chi connectivity index (χ1n) is 7.34. The predicted molar refractivity (Wildman–Crippen MR) is 82.6 cm³/mol. The fourth-order valence-electron chi connectivity index (χ4n) is 2.76. The van der Waals surface area contributed by atoms with E-state index in [4.69, 9.17) is 11.6 Å². The van der Waals surface area contributed by atoms with Crippen LogP contribution in [0, 0.1) is 5.82 Å². The van der Waals surface area contributed by atoms with E-state index in [0.29, 0.717) is 6.04 Å². The number of hydrogen-bond acceptors (Lipinski definition) is 2. The fraction of sp³-hybridized carbons (Fsp3) is 0.625. The molecule has 20 heavy (non-hydrogen) atoms. The highest BCUT2D eigenvalue weighted by atomic mass is 35.5. The standard InChI is InChI=1S/C16H24ClFN2/c1-4-5-13-10-20(16(2,3)11-19-13)9-12-6-7-15(18)14(17)8-12/h6-8,13,19H,4-5,9-11H2,1-3H3. The van der Waals surface area contributed by atoms with Crippen molar-refractivity contribution in [1.29, 1.82) is 0 Å². The Bertz CT molecular complexity index is 462. The van der Waals surface area contributed by atoms with Crippen molar-refractivity contribution in [2.24, 2.45) is 0 Å². The van der Waals surface area contributed by atoms with Gasteiger partial charge in [-0.2, -0.15) is 0 Å². The zero-order valence-electron chi connectivity index (χ0n) is 12.5. The molecule has 1 unspecified atom stereocenters. The molecule has 0 amide bonds. The van der Waals surface area contributed by atoms with Crippen molar-refractivity contribution in [3.63, 3.8) is 0 Å². The lowest BCUT2D eigenvalue weighted by atomic mass is 9.95. The maximum Gasteiger partial charge on any atom is 0.141 e. The van der Waals surface area contributed by atoms with Crippen molar-refractivity contribution in [3.05, 3.63) is 34.6 Å². The van der Waals surface area contributed by atoms with Gasteiger partial charge in [0.15, 0.2) is 0 Å². The van der Waals surface area contributed by atoms with Crippen molar-refractivity contribution >= 4 is 11.6 Å². The van der Waals surface area contributed by atoms with Crippen molar-refractivity contribution in [2.45, 2.75) is 51.7 Å². The van der Waals surface area contributed by atoms with E-state index in [-0.39, 0.29) is 16.4 Å². The van der Waals surface area contributed by atoms with Crippen molar-refractivity contribution in [2.75, 3.05) is 13.1 Å². The molecule has 1 aromatic rings. The second-order valence-electron chi connectivity index (χ2n) is 6.31. The Labute approximate surface area is 126 Å². The molecule has 1 N–H and O–H groups in total. The van der Waals surface area contributed by atoms with Crippen LogP contribution in [0.4, 0.5) is 4.39 Å². The Morgan fingerprint density at radius 2 is 2.20 bits per heavy atom. The van der Waals surface area contributed by atoms with E-state index < -0.39 is 0 Å². The van der Waals surface area contributed by atoms with Gasteiger partial charge in [0.2, 0.25) is 0 Å². The lowest BCUT2D eigenvalue weighted by Gasteiger charge is -2.46. The Morgan fingerprint density at radius 3 is 2.85 bits per heavy atom. The van der Waals surface area contributed by atoms with Gasteiger partial charge in [-0.05, 0) is 38.0 Å². The number of hydrogen-bond donors (Lipinski definition) is 1. The molecule has 0 saturated carbocycles. The van der Waals surface area contributed by atoms with Crippen molar-refractivity contribution in [1.82, 2.24) is 10.2 Å². The summed E-state index contributed by atoms with van der Waals surface area (Å²) in [6.45, 7) is 9.52. The predicted octanol–water partition coefficient (Wildman–Crippen LogP) is 3.83. The molecule has 0 aromatic heterocycles. The van der Waals surface area contributed by atoms with E-state index >= 15 is 0 Å². The lowest BCUT2D eigenvalue weighted by Crippen LogP contribution is -2.61. The summed E-state index contributed by atoms with van der Waals surface area (Å²) in [4.78, 5) is 2.47. The summed E-state index contributed by atoms with van der Waals surface area (Å²) in [5.41, 5.74) is 1.17. The maximum atomic E-state index is 13.2. The summed E-state index contributed by atoms with van der Waals surface area (Å²) in [6, 6.07) is 5.57. The summed E-state index contributed by atoms with van der Waals surface area (Å²) in [6.07, 6.45) is 2.38. The first-order chi connectivity index (χ1) is 9.42. The van der Waals surface area contributed by atoms with E-state index in [1.54, 1.807) is 6.07 Å². The second kappa shape index (κ2) is 6.42. The molecule has 1 aliphatic heterocycles. The van der Waals surface area contributed by atoms with Gasteiger partial charge >= 0.3 is 0 Å². The van der Waals surface area contributed by atoms with Gasteiger partial charge in [0.25, 0.3) is 0 Å². The number of rotatable bonds is 4. The van der Waals surface area contributed by atoms with Crippen LogP contribution in [-0.4, -0.2) is 29.6 Å². The zero-order chi connectivity index (χ0) is 14.8. The molecule has 0 spiro atoms. The summed E-state index contributed by atoms with van der Waals surface area (Å²) >= 11 is 5.88. The third-order valence-corrected chi connectivity index (χ3v) is 4.40. The molecule has 0 aliphatic carbocycles. The highest BCUT2D eigenvalue weighted by Crippen LogP contribution is 2.24. The van der Waals surface area contributed by atoms with E-state index in [2.05, 4.69) is 31.0 Å². The summed E-state index contributed by atoms with van der Waals surface area (Å²) in [5, 5.41) is 3.83. The first-order valence-corrected chi connectivity index (χ1v) is 7.72. The van der Waals surface area contributed by atoms with E-state index in [1.165, 1.54) is 18.9 Å². The molecule has 0 bridgehead atoms. The Morgan fingerprint density at radius 1 is 1.45 bits per heavy atom. The molecule has 1 fully saturated rings. The molecule has 112 valence electrons. The van der Waals surface area contributed by atoms with Crippen LogP contribution in [0.3, 0.4) is 0 Å². The summed E-state index contributed by atoms with van der Waals surface area (Å²) in [7, 11) is 0. The minimum atomic E-state index is -0.348. The number of nitrogens with zero attached hydrogens (tertiary/aromatic N) is 1. The van der Waals surface area contributed by atoms with Gasteiger partial charge in [-0.3, -0.25) is 4.90 Å². The smallest absolute Gasteiger partial charge is 0.141 e. The molecule has 1 aromatic carbocycles. The Hall–Kier alpha value is -0.640. The quantitative estimate of drug-likeness (QED) is 0.909. The van der Waals surface area contributed by atoms with E-state index in [1.807, 2.05) is 6.07 Å². The van der Waals surface area contributed by atoms with Gasteiger partial charge in [-0.1, -0.05) is 31.0 Å². The fourth-order valence-corrected chi connectivity index (χ4v) is 2.97. The van der Waals surface area contributed by atoms with Gasteiger partial charge < -0.3 is 5.32 Å².